The van der Waals surface area contributed by atoms with Crippen molar-refractivity contribution in [3.8, 4) is 22.9 Å². The zero-order chi connectivity index (χ0) is 48.1. The number of hydrogen-bond acceptors (Lipinski definition) is 16. The van der Waals surface area contributed by atoms with Crippen LogP contribution in [-0.4, -0.2) is 131 Å². The van der Waals surface area contributed by atoms with E-state index in [0.29, 0.717) is 127 Å². The lowest BCUT2D eigenvalue weighted by atomic mass is 9.86. The molecule has 2 aromatic carbocycles. The fourth-order valence-electron chi connectivity index (χ4n) is 7.67. The summed E-state index contributed by atoms with van der Waals surface area (Å²) in [6, 6.07) is 14.6. The first-order valence-corrected chi connectivity index (χ1v) is 23.0. The normalized spacial score (nSPS) is 15.1. The Morgan fingerprint density at radius 1 is 0.824 bits per heavy atom. The van der Waals surface area contributed by atoms with E-state index in [1.54, 1.807) is 30.5 Å². The maximum atomic E-state index is 13.7. The SMILES string of the molecule is CCc1c2c(nc3ccc(OCC(=O)N/N=C(\C)c4ccc(OCCCCOCCOCCOCCOCCOCCOCCN=[N+]=[N-])cc4)cc13)-c1cc3c(c(=O)n1C2)COC(=O)[C@]3(O)CC. The maximum Gasteiger partial charge on any atom is 0.343 e. The van der Waals surface area contributed by atoms with Gasteiger partial charge in [0.1, 0.15) is 18.1 Å². The van der Waals surface area contributed by atoms with Crippen LogP contribution < -0.4 is 20.5 Å². The van der Waals surface area contributed by atoms with Crippen LogP contribution in [0, 0.1) is 0 Å². The molecule has 0 fully saturated rings. The number of amides is 1. The molecule has 0 bridgehead atoms. The van der Waals surface area contributed by atoms with Gasteiger partial charge in [0.2, 0.25) is 0 Å². The van der Waals surface area contributed by atoms with Gasteiger partial charge in [0.25, 0.3) is 11.5 Å². The third kappa shape index (κ3) is 13.8. The summed E-state index contributed by atoms with van der Waals surface area (Å²) in [7, 11) is 0. The number of hydrazone groups is 1. The third-order valence-electron chi connectivity index (χ3n) is 11.3. The Balaban J connectivity index is 0.824. The smallest absolute Gasteiger partial charge is 0.343 e. The number of azide groups is 1. The summed E-state index contributed by atoms with van der Waals surface area (Å²) in [5.74, 6) is 0.00880. The minimum atomic E-state index is -1.90. The van der Waals surface area contributed by atoms with Crippen molar-refractivity contribution in [2.75, 3.05) is 99.0 Å². The van der Waals surface area contributed by atoms with Crippen LogP contribution in [0.1, 0.15) is 67.9 Å². The van der Waals surface area contributed by atoms with Gasteiger partial charge in [-0.1, -0.05) is 19.0 Å². The predicted octanol–water partition coefficient (Wildman–Crippen LogP) is 5.13. The molecule has 0 radical (unpaired) electrons. The number of hydrogen-bond donors (Lipinski definition) is 2. The lowest BCUT2D eigenvalue weighted by Crippen LogP contribution is -2.44. The van der Waals surface area contributed by atoms with Gasteiger partial charge in [0, 0.05) is 34.6 Å². The molecule has 6 rings (SSSR count). The van der Waals surface area contributed by atoms with Gasteiger partial charge < -0.3 is 52.3 Å². The van der Waals surface area contributed by atoms with E-state index in [2.05, 4.69) is 20.6 Å². The quantitative estimate of drug-likeness (QED) is 0.0111. The van der Waals surface area contributed by atoms with Gasteiger partial charge in [-0.3, -0.25) is 9.59 Å². The van der Waals surface area contributed by atoms with Gasteiger partial charge in [-0.2, -0.15) is 5.10 Å². The Bertz CT molecular complexity index is 2460. The summed E-state index contributed by atoms with van der Waals surface area (Å²) in [5, 5.41) is 19.7. The number of nitrogens with one attached hydrogen (secondary N) is 1. The highest BCUT2D eigenvalue weighted by Crippen LogP contribution is 2.40. The minimum absolute atomic E-state index is 0.0654. The second kappa shape index (κ2) is 26.5. The van der Waals surface area contributed by atoms with E-state index in [0.717, 1.165) is 40.7 Å². The summed E-state index contributed by atoms with van der Waals surface area (Å²) in [5.41, 5.74) is 14.2. The summed E-state index contributed by atoms with van der Waals surface area (Å²) in [6.45, 7) is 11.9. The first-order chi connectivity index (χ1) is 33.2. The lowest BCUT2D eigenvalue weighted by molar-refractivity contribution is -0.172. The van der Waals surface area contributed by atoms with Gasteiger partial charge in [-0.25, -0.2) is 15.2 Å². The number of esters is 1. The predicted molar refractivity (Wildman–Crippen MR) is 250 cm³/mol. The largest absolute Gasteiger partial charge is 0.494 e. The minimum Gasteiger partial charge on any atom is -0.494 e. The number of carbonyl (C=O) groups is 2. The van der Waals surface area contributed by atoms with Crippen molar-refractivity contribution in [1.29, 1.82) is 0 Å². The first-order valence-electron chi connectivity index (χ1n) is 23.0. The van der Waals surface area contributed by atoms with E-state index in [1.165, 1.54) is 0 Å². The molecule has 1 atom stereocenters. The standard InChI is InChI=1S/C48H61N7O13/c1-4-37-38-28-36(12-13-42(38)51-45-39(37)30-55-43(45)29-41-40(46(55)57)31-68-47(58)48(41,59)5-2)67-32-44(56)53-52-33(3)34-8-10-35(11-9-34)66-16-7-6-15-60-18-20-62-22-24-64-26-27-65-25-23-63-21-19-61-17-14-50-54-49/h8-13,28-29,59H,4-7,14-27,30-32H2,1-3H3,(H,53,56)/b52-33+/t48-/m0/s1. The number of fused-ring (bicyclic) bond motifs is 5. The molecule has 0 unspecified atom stereocenters. The Kier molecular flexibility index (Phi) is 20.1. The van der Waals surface area contributed by atoms with Crippen LogP contribution in [-0.2, 0) is 67.9 Å². The number of rotatable bonds is 31. The van der Waals surface area contributed by atoms with Crippen molar-refractivity contribution < 1.29 is 57.3 Å². The van der Waals surface area contributed by atoms with Crippen LogP contribution in [0.4, 0.5) is 0 Å². The summed E-state index contributed by atoms with van der Waals surface area (Å²) < 4.78 is 51.4. The van der Waals surface area contributed by atoms with Gasteiger partial charge in [-0.15, -0.1) is 0 Å². The molecule has 0 saturated carbocycles. The Hall–Kier alpha value is -5.96. The highest BCUT2D eigenvalue weighted by molar-refractivity contribution is 5.99. The van der Waals surface area contributed by atoms with Crippen molar-refractivity contribution in [2.24, 2.45) is 10.2 Å². The highest BCUT2D eigenvalue weighted by atomic mass is 16.6. The fourth-order valence-corrected chi connectivity index (χ4v) is 7.67. The van der Waals surface area contributed by atoms with Crippen LogP contribution in [0.25, 0.3) is 32.7 Å². The maximum absolute atomic E-state index is 13.7. The van der Waals surface area contributed by atoms with E-state index in [-0.39, 0.29) is 42.9 Å². The number of aryl methyl sites for hydroxylation is 1. The second-order valence-corrected chi connectivity index (χ2v) is 15.8. The topological polar surface area (TPSA) is 245 Å². The van der Waals surface area contributed by atoms with Gasteiger partial charge >= 0.3 is 5.97 Å². The van der Waals surface area contributed by atoms with Crippen LogP contribution in [0.2, 0.25) is 0 Å². The molecule has 20 nitrogen and oxygen atoms in total. The Labute approximate surface area is 394 Å². The number of unbranched alkanes of at least 4 members (excludes halogenated alkanes) is 1. The third-order valence-corrected chi connectivity index (χ3v) is 11.3. The van der Waals surface area contributed by atoms with E-state index in [9.17, 15) is 19.5 Å². The van der Waals surface area contributed by atoms with E-state index < -0.39 is 17.5 Å². The van der Waals surface area contributed by atoms with E-state index >= 15 is 0 Å². The molecular formula is C48H61N7O13. The van der Waals surface area contributed by atoms with E-state index in [4.69, 9.17) is 53.1 Å². The Morgan fingerprint density at radius 2 is 1.44 bits per heavy atom. The number of carbonyl (C=O) groups excluding carboxylic acids is 2. The van der Waals surface area contributed by atoms with Crippen molar-refractivity contribution in [2.45, 2.75) is 65.2 Å². The van der Waals surface area contributed by atoms with Gasteiger partial charge in [0.05, 0.1) is 114 Å². The second-order valence-electron chi connectivity index (χ2n) is 15.8. The van der Waals surface area contributed by atoms with Gasteiger partial charge in [-0.05, 0) is 97.8 Å². The number of pyridine rings is 2. The molecule has 366 valence electrons. The molecule has 2 aromatic heterocycles. The summed E-state index contributed by atoms with van der Waals surface area (Å²) in [4.78, 5) is 46.6. The van der Waals surface area contributed by atoms with Crippen LogP contribution in [0.15, 0.2) is 63.5 Å². The Morgan fingerprint density at radius 3 is 2.07 bits per heavy atom. The van der Waals surface area contributed by atoms with Crippen molar-refractivity contribution in [3.63, 3.8) is 0 Å². The highest BCUT2D eigenvalue weighted by Gasteiger charge is 2.45. The van der Waals surface area contributed by atoms with E-state index in [1.807, 2.05) is 43.3 Å². The molecule has 4 aromatic rings. The number of benzene rings is 2. The fraction of sp³-hybridized carbons (Fsp3) is 0.521. The number of aliphatic hydroxyl groups is 1. The van der Waals surface area contributed by atoms with Crippen molar-refractivity contribution in [3.05, 3.63) is 97.1 Å². The zero-order valence-electron chi connectivity index (χ0n) is 39.0. The molecule has 1 amide bonds. The molecule has 0 saturated heterocycles. The first kappa shape index (κ1) is 51.4. The summed E-state index contributed by atoms with van der Waals surface area (Å²) in [6.07, 6.45) is 2.39. The lowest BCUT2D eigenvalue weighted by Gasteiger charge is -2.31. The molecule has 68 heavy (non-hydrogen) atoms. The average Bonchev–Trinajstić information content (AvgIpc) is 3.72. The average molecular weight is 944 g/mol. The number of ether oxygens (including phenoxy) is 9. The van der Waals surface area contributed by atoms with Crippen LogP contribution >= 0.6 is 0 Å². The molecule has 2 N–H and O–H groups in total. The molecule has 0 spiro atoms. The molecule has 2 aliphatic heterocycles. The van der Waals surface area contributed by atoms with Crippen LogP contribution in [0.5, 0.6) is 11.5 Å². The molecular weight excluding hydrogens is 883 g/mol. The summed E-state index contributed by atoms with van der Waals surface area (Å²) >= 11 is 0. The molecule has 0 aliphatic carbocycles. The van der Waals surface area contributed by atoms with Crippen molar-refractivity contribution >= 4 is 28.5 Å². The van der Waals surface area contributed by atoms with Crippen molar-refractivity contribution in [1.82, 2.24) is 15.0 Å². The number of aromatic nitrogens is 2. The number of cyclic esters (lactones) is 1. The molecule has 2 aliphatic rings. The van der Waals surface area contributed by atoms with Gasteiger partial charge in [0.15, 0.2) is 12.2 Å². The van der Waals surface area contributed by atoms with Crippen LogP contribution in [0.3, 0.4) is 0 Å². The number of nitrogens with zero attached hydrogens (tertiary/aromatic N) is 6. The molecule has 4 heterocycles. The zero-order valence-corrected chi connectivity index (χ0v) is 39.0. The monoisotopic (exact) mass is 943 g/mol. The molecule has 20 heteroatoms.